The zero-order chi connectivity index (χ0) is 17.4. The van der Waals surface area contributed by atoms with E-state index in [0.717, 1.165) is 6.42 Å². The van der Waals surface area contributed by atoms with Crippen molar-refractivity contribution in [3.63, 3.8) is 0 Å². The second-order valence-corrected chi connectivity index (χ2v) is 7.75. The maximum absolute atomic E-state index is 12.6. The summed E-state index contributed by atoms with van der Waals surface area (Å²) in [5.74, 6) is -1.40. The van der Waals surface area contributed by atoms with Crippen molar-refractivity contribution in [2.45, 2.75) is 59.1 Å². The average Bonchev–Trinajstić information content (AvgIpc) is 2.85. The van der Waals surface area contributed by atoms with E-state index in [0.29, 0.717) is 18.7 Å². The van der Waals surface area contributed by atoms with E-state index in [2.05, 4.69) is 19.0 Å². The van der Waals surface area contributed by atoms with Gasteiger partial charge in [-0.1, -0.05) is 19.0 Å². The number of ether oxygens (including phenoxy) is 1. The van der Waals surface area contributed by atoms with Crippen molar-refractivity contribution in [3.8, 4) is 0 Å². The highest BCUT2D eigenvalue weighted by Crippen LogP contribution is 2.39. The van der Waals surface area contributed by atoms with Gasteiger partial charge in [-0.2, -0.15) is 0 Å². The van der Waals surface area contributed by atoms with Gasteiger partial charge in [-0.15, -0.1) is 0 Å². The molecule has 1 fully saturated rings. The van der Waals surface area contributed by atoms with E-state index in [1.807, 2.05) is 20.8 Å². The number of likely N-dealkylation sites (tertiary alicyclic amines) is 1. The van der Waals surface area contributed by atoms with Gasteiger partial charge in [0, 0.05) is 12.6 Å². The Morgan fingerprint density at radius 1 is 1.43 bits per heavy atom. The molecule has 1 amide bonds. The maximum atomic E-state index is 12.6. The summed E-state index contributed by atoms with van der Waals surface area (Å²) in [7, 11) is 0. The first-order valence-corrected chi connectivity index (χ1v) is 7.68. The minimum absolute atomic E-state index is 0.0350. The van der Waals surface area contributed by atoms with Crippen LogP contribution in [0, 0.1) is 5.41 Å². The third-order valence-electron chi connectivity index (χ3n) is 3.78. The van der Waals surface area contributed by atoms with Gasteiger partial charge >= 0.3 is 12.1 Å². The number of carboxylic acid groups (broad SMARTS) is 1. The summed E-state index contributed by atoms with van der Waals surface area (Å²) in [6.45, 7) is 10.1. The lowest BCUT2D eigenvalue weighted by molar-refractivity contribution is -0.00906. The predicted octanol–water partition coefficient (Wildman–Crippen LogP) is 3.47. The van der Waals surface area contributed by atoms with Crippen molar-refractivity contribution in [3.05, 3.63) is 17.5 Å². The van der Waals surface area contributed by atoms with E-state index in [1.165, 1.54) is 6.07 Å². The van der Waals surface area contributed by atoms with Crippen molar-refractivity contribution < 1.29 is 24.0 Å². The van der Waals surface area contributed by atoms with Gasteiger partial charge in [-0.05, 0) is 39.0 Å². The fourth-order valence-electron chi connectivity index (χ4n) is 2.70. The Bertz CT molecular complexity index is 600. The molecule has 0 spiro atoms. The fourth-order valence-corrected chi connectivity index (χ4v) is 2.70. The molecule has 2 heterocycles. The van der Waals surface area contributed by atoms with Crippen LogP contribution in [0.1, 0.15) is 69.8 Å². The molecule has 7 heteroatoms. The van der Waals surface area contributed by atoms with Gasteiger partial charge in [0.15, 0.2) is 0 Å². The van der Waals surface area contributed by atoms with Crippen LogP contribution in [0.15, 0.2) is 10.6 Å². The summed E-state index contributed by atoms with van der Waals surface area (Å²) in [5, 5.41) is 12.8. The van der Waals surface area contributed by atoms with E-state index in [1.54, 1.807) is 4.90 Å². The van der Waals surface area contributed by atoms with E-state index in [9.17, 15) is 9.59 Å². The van der Waals surface area contributed by atoms with Crippen molar-refractivity contribution in [2.24, 2.45) is 5.41 Å². The Morgan fingerprint density at radius 3 is 2.61 bits per heavy atom. The standard InChI is InChI=1S/C16H24N2O5/c1-15(2,3)22-14(21)18-9-16(4,5)7-6-11(18)10-8-12(13(19)20)23-17-10/h8,11H,6-7,9H2,1-5H3,(H,19,20). The molecule has 1 aromatic rings. The van der Waals surface area contributed by atoms with Crippen molar-refractivity contribution in [2.75, 3.05) is 6.54 Å². The summed E-state index contributed by atoms with van der Waals surface area (Å²) >= 11 is 0. The minimum atomic E-state index is -1.18. The van der Waals surface area contributed by atoms with Crippen LogP contribution in [0.25, 0.3) is 0 Å². The van der Waals surface area contributed by atoms with Gasteiger partial charge in [-0.3, -0.25) is 4.90 Å². The molecule has 2 rings (SSSR count). The lowest BCUT2D eigenvalue weighted by Crippen LogP contribution is -2.47. The number of piperidine rings is 1. The number of amides is 1. The fraction of sp³-hybridized carbons (Fsp3) is 0.688. The highest BCUT2D eigenvalue weighted by atomic mass is 16.6. The average molecular weight is 324 g/mol. The number of carbonyl (C=O) groups excluding carboxylic acids is 1. The monoisotopic (exact) mass is 324 g/mol. The van der Waals surface area contributed by atoms with Crippen LogP contribution in [0.3, 0.4) is 0 Å². The highest BCUT2D eigenvalue weighted by Gasteiger charge is 2.40. The van der Waals surface area contributed by atoms with Gasteiger partial charge in [0.1, 0.15) is 11.3 Å². The number of aromatic nitrogens is 1. The Labute approximate surface area is 135 Å². The van der Waals surface area contributed by atoms with Gasteiger partial charge in [-0.25, -0.2) is 9.59 Å². The minimum Gasteiger partial charge on any atom is -0.475 e. The number of nitrogens with zero attached hydrogens (tertiary/aromatic N) is 2. The third kappa shape index (κ3) is 4.24. The Balaban J connectivity index is 2.27. The first-order chi connectivity index (χ1) is 10.5. The van der Waals surface area contributed by atoms with Gasteiger partial charge in [0.2, 0.25) is 5.76 Å². The quantitative estimate of drug-likeness (QED) is 0.895. The topological polar surface area (TPSA) is 92.9 Å². The molecular weight excluding hydrogens is 300 g/mol. The molecule has 1 aliphatic heterocycles. The summed E-state index contributed by atoms with van der Waals surface area (Å²) in [4.78, 5) is 25.1. The third-order valence-corrected chi connectivity index (χ3v) is 3.78. The number of hydrogen-bond donors (Lipinski definition) is 1. The zero-order valence-corrected chi connectivity index (χ0v) is 14.3. The van der Waals surface area contributed by atoms with E-state index in [-0.39, 0.29) is 17.2 Å². The molecule has 128 valence electrons. The number of carbonyl (C=O) groups is 2. The summed E-state index contributed by atoms with van der Waals surface area (Å²) < 4.78 is 10.3. The number of hydrogen-bond acceptors (Lipinski definition) is 5. The molecule has 0 aromatic carbocycles. The lowest BCUT2D eigenvalue weighted by Gasteiger charge is -2.43. The molecule has 0 saturated carbocycles. The molecule has 7 nitrogen and oxygen atoms in total. The normalized spacial score (nSPS) is 21.1. The molecule has 1 aliphatic rings. The van der Waals surface area contributed by atoms with Crippen LogP contribution in [0.4, 0.5) is 4.79 Å². The lowest BCUT2D eigenvalue weighted by atomic mass is 9.80. The summed E-state index contributed by atoms with van der Waals surface area (Å²) in [6, 6.07) is 1.04. The zero-order valence-electron chi connectivity index (χ0n) is 14.3. The Kier molecular flexibility index (Phi) is 4.41. The predicted molar refractivity (Wildman–Crippen MR) is 82.2 cm³/mol. The highest BCUT2D eigenvalue weighted by molar-refractivity contribution is 5.84. The van der Waals surface area contributed by atoms with Crippen LogP contribution in [0.2, 0.25) is 0 Å². The summed E-state index contributed by atoms with van der Waals surface area (Å²) in [5.41, 5.74) is -0.185. The van der Waals surface area contributed by atoms with E-state index >= 15 is 0 Å². The number of carboxylic acids is 1. The maximum Gasteiger partial charge on any atom is 0.410 e. The number of aromatic carboxylic acids is 1. The van der Waals surface area contributed by atoms with Crippen LogP contribution in [0.5, 0.6) is 0 Å². The molecule has 0 aliphatic carbocycles. The number of rotatable bonds is 2. The SMILES string of the molecule is CC1(C)CCC(c2cc(C(=O)O)on2)N(C(=O)OC(C)(C)C)C1. The van der Waals surface area contributed by atoms with Crippen LogP contribution in [-0.4, -0.2) is 39.4 Å². The largest absolute Gasteiger partial charge is 0.475 e. The summed E-state index contributed by atoms with van der Waals surface area (Å²) in [6.07, 6.45) is 1.15. The Hall–Kier alpha value is -2.05. The molecule has 1 saturated heterocycles. The van der Waals surface area contributed by atoms with Crippen LogP contribution >= 0.6 is 0 Å². The van der Waals surface area contributed by atoms with Gasteiger partial charge in [0.25, 0.3) is 0 Å². The van der Waals surface area contributed by atoms with Crippen molar-refractivity contribution in [1.29, 1.82) is 0 Å². The first-order valence-electron chi connectivity index (χ1n) is 7.68. The molecule has 0 radical (unpaired) electrons. The van der Waals surface area contributed by atoms with Crippen LogP contribution < -0.4 is 0 Å². The van der Waals surface area contributed by atoms with Crippen molar-refractivity contribution in [1.82, 2.24) is 10.1 Å². The van der Waals surface area contributed by atoms with E-state index < -0.39 is 17.7 Å². The van der Waals surface area contributed by atoms with Crippen LogP contribution in [-0.2, 0) is 4.74 Å². The molecule has 1 unspecified atom stereocenters. The van der Waals surface area contributed by atoms with Gasteiger partial charge < -0.3 is 14.4 Å². The Morgan fingerprint density at radius 2 is 2.09 bits per heavy atom. The van der Waals surface area contributed by atoms with E-state index in [4.69, 9.17) is 14.4 Å². The molecule has 1 aromatic heterocycles. The van der Waals surface area contributed by atoms with Crippen molar-refractivity contribution >= 4 is 12.1 Å². The molecule has 0 bridgehead atoms. The molecule has 1 atom stereocenters. The molecule has 1 N–H and O–H groups in total. The van der Waals surface area contributed by atoms with Gasteiger partial charge in [0.05, 0.1) is 6.04 Å². The first kappa shape index (κ1) is 17.3. The second-order valence-electron chi connectivity index (χ2n) is 7.75. The second kappa shape index (κ2) is 5.86. The molecular formula is C16H24N2O5. The molecule has 23 heavy (non-hydrogen) atoms. The smallest absolute Gasteiger partial charge is 0.410 e.